The molecule has 1 saturated carbocycles. The van der Waals surface area contributed by atoms with Crippen LogP contribution in [0.2, 0.25) is 0 Å². The van der Waals surface area contributed by atoms with E-state index in [1.54, 1.807) is 0 Å². The summed E-state index contributed by atoms with van der Waals surface area (Å²) in [6.45, 7) is 1.09. The van der Waals surface area contributed by atoms with Crippen molar-refractivity contribution in [1.29, 1.82) is 0 Å². The van der Waals surface area contributed by atoms with Gasteiger partial charge >= 0.3 is 5.97 Å². The lowest BCUT2D eigenvalue weighted by Crippen LogP contribution is -2.39. The van der Waals surface area contributed by atoms with Crippen LogP contribution in [-0.2, 0) is 14.3 Å². The number of aliphatic carboxylic acids is 1. The van der Waals surface area contributed by atoms with Crippen molar-refractivity contribution in [3.05, 3.63) is 35.4 Å². The van der Waals surface area contributed by atoms with E-state index in [4.69, 9.17) is 9.84 Å². The molecule has 0 spiro atoms. The molecule has 1 aromatic rings. The van der Waals surface area contributed by atoms with E-state index in [0.29, 0.717) is 19.6 Å². The first kappa shape index (κ1) is 17.8. The Labute approximate surface area is 144 Å². The van der Waals surface area contributed by atoms with E-state index in [9.17, 15) is 18.4 Å². The maximum atomic E-state index is 13.9. The molecule has 136 valence electrons. The topological polar surface area (TPSA) is 66.8 Å². The molecule has 3 rings (SSSR count). The van der Waals surface area contributed by atoms with Crippen molar-refractivity contribution < 1.29 is 28.2 Å². The summed E-state index contributed by atoms with van der Waals surface area (Å²) in [5.74, 6) is -3.78. The number of amides is 1. The van der Waals surface area contributed by atoms with Crippen molar-refractivity contribution in [2.45, 2.75) is 37.7 Å². The third kappa shape index (κ3) is 4.15. The lowest BCUT2D eigenvalue weighted by atomic mass is 10.1. The molecule has 25 heavy (non-hydrogen) atoms. The number of carboxylic acid groups (broad SMARTS) is 1. The second kappa shape index (κ2) is 7.47. The summed E-state index contributed by atoms with van der Waals surface area (Å²) in [6, 6.07) is 3.98. The van der Waals surface area contributed by atoms with Gasteiger partial charge in [-0.3, -0.25) is 9.59 Å². The Kier molecular flexibility index (Phi) is 5.32. The van der Waals surface area contributed by atoms with Crippen molar-refractivity contribution in [2.24, 2.45) is 5.92 Å². The van der Waals surface area contributed by atoms with Gasteiger partial charge < -0.3 is 14.7 Å². The highest BCUT2D eigenvalue weighted by atomic mass is 19.2. The summed E-state index contributed by atoms with van der Waals surface area (Å²) in [5, 5.41) is 8.90. The molecule has 7 heteroatoms. The van der Waals surface area contributed by atoms with Gasteiger partial charge in [-0.2, -0.15) is 0 Å². The van der Waals surface area contributed by atoms with E-state index in [2.05, 4.69) is 0 Å². The number of hydrogen-bond donors (Lipinski definition) is 1. The predicted octanol–water partition coefficient (Wildman–Crippen LogP) is 2.55. The molecule has 1 saturated heterocycles. The Morgan fingerprint density at radius 3 is 2.80 bits per heavy atom. The van der Waals surface area contributed by atoms with Crippen LogP contribution >= 0.6 is 0 Å². The molecular formula is C18H21F2NO4. The predicted molar refractivity (Wildman–Crippen MR) is 85.0 cm³/mol. The van der Waals surface area contributed by atoms with Gasteiger partial charge in [0, 0.05) is 25.6 Å². The zero-order chi connectivity index (χ0) is 18.0. The smallest absolute Gasteiger partial charge is 0.305 e. The van der Waals surface area contributed by atoms with Crippen molar-refractivity contribution in [2.75, 3.05) is 19.7 Å². The van der Waals surface area contributed by atoms with Gasteiger partial charge in [0.1, 0.15) is 0 Å². The van der Waals surface area contributed by atoms with Gasteiger partial charge in [-0.15, -0.1) is 0 Å². The SMILES string of the molecule is O=C(O)CCN(C[C@@H]1CCCO1)C(=O)[C@@H]1C[C@H]1c1cccc(F)c1F. The third-order valence-corrected chi connectivity index (χ3v) is 4.84. The van der Waals surface area contributed by atoms with E-state index in [1.165, 1.54) is 17.0 Å². The Morgan fingerprint density at radius 2 is 2.12 bits per heavy atom. The molecule has 2 fully saturated rings. The number of rotatable bonds is 7. The number of nitrogens with zero attached hydrogens (tertiary/aromatic N) is 1. The van der Waals surface area contributed by atoms with E-state index in [-0.39, 0.29) is 36.5 Å². The average molecular weight is 353 g/mol. The standard InChI is InChI=1S/C18H21F2NO4/c19-15-5-1-4-12(17(15)20)13-9-14(13)18(24)21(7-6-16(22)23)10-11-3-2-8-25-11/h1,4-5,11,13-14H,2-3,6-10H2,(H,22,23)/t11-,13-,14+/m0/s1. The van der Waals surface area contributed by atoms with E-state index in [1.807, 2.05) is 0 Å². The van der Waals surface area contributed by atoms with Gasteiger partial charge in [-0.25, -0.2) is 8.78 Å². The number of hydrogen-bond acceptors (Lipinski definition) is 3. The van der Waals surface area contributed by atoms with E-state index in [0.717, 1.165) is 18.9 Å². The van der Waals surface area contributed by atoms with Crippen LogP contribution in [0.25, 0.3) is 0 Å². The highest BCUT2D eigenvalue weighted by molar-refractivity contribution is 5.83. The number of ether oxygens (including phenoxy) is 1. The Bertz CT molecular complexity index is 660. The number of halogens is 2. The average Bonchev–Trinajstić information content (AvgIpc) is 3.20. The molecule has 1 aromatic carbocycles. The lowest BCUT2D eigenvalue weighted by molar-refractivity contribution is -0.139. The zero-order valence-corrected chi connectivity index (χ0v) is 13.8. The maximum absolute atomic E-state index is 13.9. The maximum Gasteiger partial charge on any atom is 0.305 e. The molecule has 3 atom stereocenters. The van der Waals surface area contributed by atoms with Gasteiger partial charge in [0.2, 0.25) is 5.91 Å². The second-order valence-electron chi connectivity index (χ2n) is 6.65. The number of benzene rings is 1. The first-order valence-corrected chi connectivity index (χ1v) is 8.53. The fraction of sp³-hybridized carbons (Fsp3) is 0.556. The molecule has 1 heterocycles. The van der Waals surface area contributed by atoms with Crippen LogP contribution in [0.1, 0.15) is 37.2 Å². The van der Waals surface area contributed by atoms with Crippen LogP contribution < -0.4 is 0 Å². The highest BCUT2D eigenvalue weighted by Gasteiger charge is 2.47. The highest BCUT2D eigenvalue weighted by Crippen LogP contribution is 2.49. The van der Waals surface area contributed by atoms with Crippen LogP contribution in [0.3, 0.4) is 0 Å². The van der Waals surface area contributed by atoms with Gasteiger partial charge in [-0.05, 0) is 36.8 Å². The molecule has 1 N–H and O–H groups in total. The van der Waals surface area contributed by atoms with Crippen molar-refractivity contribution in [1.82, 2.24) is 4.90 Å². The van der Waals surface area contributed by atoms with Crippen molar-refractivity contribution in [3.8, 4) is 0 Å². The third-order valence-electron chi connectivity index (χ3n) is 4.84. The molecule has 0 unspecified atom stereocenters. The lowest BCUT2D eigenvalue weighted by Gasteiger charge is -2.25. The molecule has 1 amide bonds. The number of carbonyl (C=O) groups excluding carboxylic acids is 1. The summed E-state index contributed by atoms with van der Waals surface area (Å²) in [6.07, 6.45) is 1.98. The van der Waals surface area contributed by atoms with Gasteiger partial charge in [0.15, 0.2) is 11.6 Å². The van der Waals surface area contributed by atoms with Gasteiger partial charge in [-0.1, -0.05) is 12.1 Å². The molecule has 2 aliphatic rings. The van der Waals surface area contributed by atoms with Crippen LogP contribution in [0.5, 0.6) is 0 Å². The summed E-state index contributed by atoms with van der Waals surface area (Å²) in [7, 11) is 0. The van der Waals surface area contributed by atoms with Crippen molar-refractivity contribution >= 4 is 11.9 Å². The minimum atomic E-state index is -0.978. The monoisotopic (exact) mass is 353 g/mol. The number of carboxylic acids is 1. The minimum Gasteiger partial charge on any atom is -0.481 e. The zero-order valence-electron chi connectivity index (χ0n) is 13.8. The molecule has 1 aliphatic carbocycles. The van der Waals surface area contributed by atoms with E-state index < -0.39 is 23.5 Å². The Balaban J connectivity index is 1.67. The minimum absolute atomic E-state index is 0.0825. The van der Waals surface area contributed by atoms with Gasteiger partial charge in [0.25, 0.3) is 0 Å². The fourth-order valence-corrected chi connectivity index (χ4v) is 3.41. The van der Waals surface area contributed by atoms with Crippen molar-refractivity contribution in [3.63, 3.8) is 0 Å². The summed E-state index contributed by atoms with van der Waals surface area (Å²) in [5.41, 5.74) is 0.216. The summed E-state index contributed by atoms with van der Waals surface area (Å²) < 4.78 is 32.8. The normalized spacial score (nSPS) is 25.0. The number of carbonyl (C=O) groups is 2. The Morgan fingerprint density at radius 1 is 1.32 bits per heavy atom. The molecule has 0 radical (unpaired) electrons. The summed E-state index contributed by atoms with van der Waals surface area (Å²) in [4.78, 5) is 25.1. The summed E-state index contributed by atoms with van der Waals surface area (Å²) >= 11 is 0. The first-order valence-electron chi connectivity index (χ1n) is 8.53. The van der Waals surface area contributed by atoms with Gasteiger partial charge in [0.05, 0.1) is 12.5 Å². The fourth-order valence-electron chi connectivity index (χ4n) is 3.41. The molecule has 0 aromatic heterocycles. The first-order chi connectivity index (χ1) is 12.0. The van der Waals surface area contributed by atoms with Crippen LogP contribution in [-0.4, -0.2) is 47.7 Å². The second-order valence-corrected chi connectivity index (χ2v) is 6.65. The van der Waals surface area contributed by atoms with Crippen LogP contribution in [0.15, 0.2) is 18.2 Å². The molecule has 0 bridgehead atoms. The quantitative estimate of drug-likeness (QED) is 0.818. The van der Waals surface area contributed by atoms with E-state index >= 15 is 0 Å². The molecule has 5 nitrogen and oxygen atoms in total. The van der Waals surface area contributed by atoms with Crippen LogP contribution in [0, 0.1) is 17.6 Å². The van der Waals surface area contributed by atoms with Crippen LogP contribution in [0.4, 0.5) is 8.78 Å². The Hall–Kier alpha value is -2.02. The molecule has 1 aliphatic heterocycles. The molecular weight excluding hydrogens is 332 g/mol. The largest absolute Gasteiger partial charge is 0.481 e.